The number of carbonyl (C=O) groups is 1. The standard InChI is InChI=1S/C10H7F3N2O4/c11-10(12,13)6-1-5(2-7(3-6)15(17)18)8-4-19-9(16)14-8/h1-3,8H,4H2,(H,14,16). The van der Waals surface area contributed by atoms with Crippen molar-refractivity contribution < 1.29 is 27.6 Å². The zero-order valence-corrected chi connectivity index (χ0v) is 9.23. The average molecular weight is 276 g/mol. The summed E-state index contributed by atoms with van der Waals surface area (Å²) in [5.41, 5.74) is -1.85. The molecule has 1 aromatic carbocycles. The van der Waals surface area contributed by atoms with E-state index in [0.29, 0.717) is 6.07 Å². The number of nitrogens with one attached hydrogen (secondary N) is 1. The van der Waals surface area contributed by atoms with Gasteiger partial charge >= 0.3 is 12.3 Å². The molecule has 9 heteroatoms. The second-order valence-electron chi connectivity index (χ2n) is 3.86. The van der Waals surface area contributed by atoms with Gasteiger partial charge in [-0.15, -0.1) is 0 Å². The lowest BCUT2D eigenvalue weighted by Gasteiger charge is -2.12. The number of benzene rings is 1. The summed E-state index contributed by atoms with van der Waals surface area (Å²) in [5.74, 6) is 0. The maximum atomic E-state index is 12.6. The molecule has 1 saturated heterocycles. The summed E-state index contributed by atoms with van der Waals surface area (Å²) in [6.45, 7) is -0.169. The normalized spacial score (nSPS) is 18.9. The minimum atomic E-state index is -4.70. The minimum absolute atomic E-state index is 0.0209. The summed E-state index contributed by atoms with van der Waals surface area (Å²) >= 11 is 0. The molecule has 0 aliphatic carbocycles. The van der Waals surface area contributed by atoms with Crippen molar-refractivity contribution in [3.05, 3.63) is 39.4 Å². The van der Waals surface area contributed by atoms with E-state index in [1.54, 1.807) is 0 Å². The summed E-state index contributed by atoms with van der Waals surface area (Å²) in [4.78, 5) is 20.5. The second kappa shape index (κ2) is 4.41. The van der Waals surface area contributed by atoms with Crippen molar-refractivity contribution in [1.82, 2.24) is 5.32 Å². The highest BCUT2D eigenvalue weighted by molar-refractivity contribution is 5.70. The number of amides is 1. The second-order valence-corrected chi connectivity index (χ2v) is 3.86. The lowest BCUT2D eigenvalue weighted by atomic mass is 10.0. The summed E-state index contributed by atoms with van der Waals surface area (Å²) < 4.78 is 42.4. The van der Waals surface area contributed by atoms with Gasteiger partial charge in [-0.2, -0.15) is 13.2 Å². The summed E-state index contributed by atoms with van der Waals surface area (Å²) in [6.07, 6.45) is -5.48. The molecule has 1 aliphatic rings. The maximum Gasteiger partial charge on any atom is 0.416 e. The number of ether oxygens (including phenoxy) is 1. The van der Waals surface area contributed by atoms with Crippen LogP contribution in [0.1, 0.15) is 17.2 Å². The third-order valence-corrected chi connectivity index (χ3v) is 2.55. The van der Waals surface area contributed by atoms with Crippen LogP contribution in [-0.4, -0.2) is 17.6 Å². The van der Waals surface area contributed by atoms with E-state index in [0.717, 1.165) is 12.1 Å². The number of carbonyl (C=O) groups excluding carboxylic acids is 1. The molecule has 2 rings (SSSR count). The predicted molar refractivity (Wildman–Crippen MR) is 55.3 cm³/mol. The zero-order chi connectivity index (χ0) is 14.2. The van der Waals surface area contributed by atoms with E-state index >= 15 is 0 Å². The highest BCUT2D eigenvalue weighted by Crippen LogP contribution is 2.34. The number of nitro groups is 1. The Morgan fingerprint density at radius 3 is 2.53 bits per heavy atom. The van der Waals surface area contributed by atoms with E-state index in [9.17, 15) is 28.1 Å². The lowest BCUT2D eigenvalue weighted by Crippen LogP contribution is -2.19. The van der Waals surface area contributed by atoms with Crippen molar-refractivity contribution >= 4 is 11.8 Å². The molecule has 102 valence electrons. The van der Waals surface area contributed by atoms with Crippen molar-refractivity contribution in [1.29, 1.82) is 0 Å². The molecule has 0 saturated carbocycles. The van der Waals surface area contributed by atoms with Gasteiger partial charge in [-0.1, -0.05) is 0 Å². The predicted octanol–water partition coefficient (Wildman–Crippen LogP) is 2.39. The Balaban J connectivity index is 2.45. The molecule has 1 amide bonds. The van der Waals surface area contributed by atoms with E-state index in [2.05, 4.69) is 10.1 Å². The summed E-state index contributed by atoms with van der Waals surface area (Å²) in [5, 5.41) is 12.9. The van der Waals surface area contributed by atoms with Crippen molar-refractivity contribution in [3.8, 4) is 0 Å². The Kier molecular flexibility index (Phi) is 3.05. The molecule has 19 heavy (non-hydrogen) atoms. The lowest BCUT2D eigenvalue weighted by molar-refractivity contribution is -0.385. The first-order valence-electron chi connectivity index (χ1n) is 5.07. The third-order valence-electron chi connectivity index (χ3n) is 2.55. The molecule has 1 fully saturated rings. The first kappa shape index (κ1) is 13.1. The van der Waals surface area contributed by atoms with Gasteiger partial charge in [0.25, 0.3) is 5.69 Å². The first-order chi connectivity index (χ1) is 8.77. The van der Waals surface area contributed by atoms with Gasteiger partial charge in [-0.25, -0.2) is 4.79 Å². The number of halogens is 3. The van der Waals surface area contributed by atoms with Crippen molar-refractivity contribution in [2.45, 2.75) is 12.2 Å². The molecule has 0 radical (unpaired) electrons. The number of hydrogen-bond acceptors (Lipinski definition) is 4. The van der Waals surface area contributed by atoms with Gasteiger partial charge in [0, 0.05) is 12.1 Å². The zero-order valence-electron chi connectivity index (χ0n) is 9.23. The van der Waals surface area contributed by atoms with Gasteiger partial charge in [-0.3, -0.25) is 10.1 Å². The van der Waals surface area contributed by atoms with Gasteiger partial charge in [0.05, 0.1) is 16.5 Å². The van der Waals surface area contributed by atoms with Crippen LogP contribution in [-0.2, 0) is 10.9 Å². The fourth-order valence-corrected chi connectivity index (χ4v) is 1.67. The maximum absolute atomic E-state index is 12.6. The number of alkyl halides is 3. The topological polar surface area (TPSA) is 81.5 Å². The van der Waals surface area contributed by atoms with Crippen LogP contribution in [0.15, 0.2) is 18.2 Å². The first-order valence-corrected chi connectivity index (χ1v) is 5.07. The molecule has 6 nitrogen and oxygen atoms in total. The number of rotatable bonds is 2. The number of nitrogens with zero attached hydrogens (tertiary/aromatic N) is 1. The van der Waals surface area contributed by atoms with E-state index in [-0.39, 0.29) is 12.2 Å². The fourth-order valence-electron chi connectivity index (χ4n) is 1.67. The molecule has 1 N–H and O–H groups in total. The van der Waals surface area contributed by atoms with Gasteiger partial charge in [0.1, 0.15) is 6.61 Å². The molecule has 0 spiro atoms. The quantitative estimate of drug-likeness (QED) is 0.664. The molecule has 0 bridgehead atoms. The molecule has 1 aromatic rings. The van der Waals surface area contributed by atoms with Crippen LogP contribution in [0.5, 0.6) is 0 Å². The summed E-state index contributed by atoms with van der Waals surface area (Å²) in [6, 6.07) is 1.36. The Morgan fingerprint density at radius 1 is 1.37 bits per heavy atom. The highest BCUT2D eigenvalue weighted by atomic mass is 19.4. The van der Waals surface area contributed by atoms with Crippen LogP contribution in [0.25, 0.3) is 0 Å². The van der Waals surface area contributed by atoms with Crippen LogP contribution in [0.2, 0.25) is 0 Å². The number of non-ortho nitro benzene ring substituents is 1. The molecule has 1 aliphatic heterocycles. The summed E-state index contributed by atoms with van der Waals surface area (Å²) in [7, 11) is 0. The molecule has 1 atom stereocenters. The van der Waals surface area contributed by atoms with E-state index in [4.69, 9.17) is 0 Å². The smallest absolute Gasteiger partial charge is 0.416 e. The molecular weight excluding hydrogens is 269 g/mol. The van der Waals surface area contributed by atoms with Crippen molar-refractivity contribution in [2.24, 2.45) is 0 Å². The molecular formula is C10H7F3N2O4. The van der Waals surface area contributed by atoms with E-state index < -0.39 is 34.5 Å². The number of hydrogen-bond donors (Lipinski definition) is 1. The third kappa shape index (κ3) is 2.75. The average Bonchev–Trinajstić information content (AvgIpc) is 2.74. The Labute approximate surface area is 104 Å². The van der Waals surface area contributed by atoms with Crippen LogP contribution < -0.4 is 5.32 Å². The monoisotopic (exact) mass is 276 g/mol. The van der Waals surface area contributed by atoms with Crippen LogP contribution >= 0.6 is 0 Å². The van der Waals surface area contributed by atoms with Crippen molar-refractivity contribution in [2.75, 3.05) is 6.61 Å². The highest BCUT2D eigenvalue weighted by Gasteiger charge is 2.34. The molecule has 1 heterocycles. The van der Waals surface area contributed by atoms with Gasteiger partial charge < -0.3 is 10.1 Å². The van der Waals surface area contributed by atoms with Gasteiger partial charge in [0.15, 0.2) is 0 Å². The van der Waals surface area contributed by atoms with Crippen LogP contribution in [0, 0.1) is 10.1 Å². The van der Waals surface area contributed by atoms with Crippen LogP contribution in [0.3, 0.4) is 0 Å². The Morgan fingerprint density at radius 2 is 2.05 bits per heavy atom. The fraction of sp³-hybridized carbons (Fsp3) is 0.300. The van der Waals surface area contributed by atoms with Gasteiger partial charge in [0.2, 0.25) is 0 Å². The Bertz CT molecular complexity index is 544. The van der Waals surface area contributed by atoms with E-state index in [1.807, 2.05) is 0 Å². The number of alkyl carbamates (subject to hydrolysis) is 1. The van der Waals surface area contributed by atoms with Crippen LogP contribution in [0.4, 0.5) is 23.7 Å². The number of cyclic esters (lactones) is 1. The van der Waals surface area contributed by atoms with Crippen molar-refractivity contribution in [3.63, 3.8) is 0 Å². The molecule has 0 aromatic heterocycles. The van der Waals surface area contributed by atoms with E-state index in [1.165, 1.54) is 0 Å². The minimum Gasteiger partial charge on any atom is -0.447 e. The number of nitro benzene ring substituents is 1. The molecule has 1 unspecified atom stereocenters. The largest absolute Gasteiger partial charge is 0.447 e. The SMILES string of the molecule is O=C1NC(c2cc([N+](=O)[O-])cc(C(F)(F)F)c2)CO1. The van der Waals surface area contributed by atoms with Gasteiger partial charge in [-0.05, 0) is 11.6 Å². The Hall–Kier alpha value is -2.32.